The summed E-state index contributed by atoms with van der Waals surface area (Å²) in [4.78, 5) is 12.1. The van der Waals surface area contributed by atoms with Gasteiger partial charge in [-0.2, -0.15) is 0 Å². The lowest BCUT2D eigenvalue weighted by Crippen LogP contribution is -2.18. The van der Waals surface area contributed by atoms with E-state index in [4.69, 9.17) is 0 Å². The zero-order chi connectivity index (χ0) is 20.0. The minimum Gasteiger partial charge on any atom is -0.508 e. The molecule has 0 radical (unpaired) electrons. The first kappa shape index (κ1) is 18.1. The summed E-state index contributed by atoms with van der Waals surface area (Å²) in [6.45, 7) is 4.08. The fourth-order valence-electron chi connectivity index (χ4n) is 4.13. The number of aromatic hydroxyl groups is 2. The van der Waals surface area contributed by atoms with Gasteiger partial charge in [0, 0.05) is 5.92 Å². The maximum atomic E-state index is 12.1. The van der Waals surface area contributed by atoms with Crippen LogP contribution in [0.25, 0.3) is 0 Å². The second-order valence-corrected chi connectivity index (χ2v) is 7.68. The number of hydrogen-bond acceptors (Lipinski definition) is 3. The van der Waals surface area contributed by atoms with Gasteiger partial charge in [-0.15, -0.1) is 0 Å². The van der Waals surface area contributed by atoms with Gasteiger partial charge >= 0.3 is 5.97 Å². The second kappa shape index (κ2) is 6.71. The van der Waals surface area contributed by atoms with Crippen molar-refractivity contribution in [2.75, 3.05) is 0 Å². The van der Waals surface area contributed by atoms with E-state index in [0.717, 1.165) is 33.4 Å². The van der Waals surface area contributed by atoms with Gasteiger partial charge in [0.05, 0.1) is 5.56 Å². The monoisotopic (exact) mass is 374 g/mol. The van der Waals surface area contributed by atoms with E-state index in [9.17, 15) is 20.1 Å². The molecular weight excluding hydrogens is 352 g/mol. The van der Waals surface area contributed by atoms with Crippen molar-refractivity contribution in [3.8, 4) is 11.5 Å². The molecule has 1 aliphatic rings. The molecule has 28 heavy (non-hydrogen) atoms. The minimum absolute atomic E-state index is 0.176. The van der Waals surface area contributed by atoms with E-state index >= 15 is 0 Å². The van der Waals surface area contributed by atoms with E-state index in [1.807, 2.05) is 38.1 Å². The third-order valence-corrected chi connectivity index (χ3v) is 5.54. The molecule has 0 aromatic heterocycles. The van der Waals surface area contributed by atoms with Crippen LogP contribution in [0.1, 0.15) is 69.4 Å². The van der Waals surface area contributed by atoms with E-state index in [0.29, 0.717) is 6.42 Å². The Labute approximate surface area is 163 Å². The fourth-order valence-corrected chi connectivity index (χ4v) is 4.13. The van der Waals surface area contributed by atoms with Crippen LogP contribution in [0.5, 0.6) is 11.5 Å². The zero-order valence-corrected chi connectivity index (χ0v) is 15.8. The van der Waals surface area contributed by atoms with E-state index in [1.54, 1.807) is 30.3 Å². The van der Waals surface area contributed by atoms with Crippen molar-refractivity contribution >= 4 is 5.97 Å². The minimum atomic E-state index is -0.955. The summed E-state index contributed by atoms with van der Waals surface area (Å²) in [6, 6.07) is 16.1. The predicted octanol–water partition coefficient (Wildman–Crippen LogP) is 5.00. The molecule has 0 aliphatic heterocycles. The number of rotatable bonds is 3. The van der Waals surface area contributed by atoms with Gasteiger partial charge in [-0.05, 0) is 76.1 Å². The third kappa shape index (κ3) is 3.01. The highest BCUT2D eigenvalue weighted by Crippen LogP contribution is 2.44. The molecule has 0 saturated carbocycles. The van der Waals surface area contributed by atoms with Gasteiger partial charge in [-0.1, -0.05) is 38.1 Å². The number of phenols is 2. The predicted molar refractivity (Wildman–Crippen MR) is 107 cm³/mol. The number of carbonyl (C=O) groups is 1. The molecule has 0 unspecified atom stereocenters. The highest BCUT2D eigenvalue weighted by Gasteiger charge is 2.30. The molecule has 1 aliphatic carbocycles. The Kier molecular flexibility index (Phi) is 4.34. The van der Waals surface area contributed by atoms with Crippen molar-refractivity contribution in [3.05, 3.63) is 93.5 Å². The molecule has 0 bridgehead atoms. The van der Waals surface area contributed by atoms with Gasteiger partial charge in [-0.3, -0.25) is 0 Å². The first-order chi connectivity index (χ1) is 13.3. The van der Waals surface area contributed by atoms with Crippen LogP contribution in [-0.2, 0) is 6.42 Å². The van der Waals surface area contributed by atoms with E-state index in [2.05, 4.69) is 0 Å². The van der Waals surface area contributed by atoms with Crippen LogP contribution in [0.3, 0.4) is 0 Å². The molecule has 0 atom stereocenters. The summed E-state index contributed by atoms with van der Waals surface area (Å²) >= 11 is 0. The Bertz CT molecular complexity index is 1030. The first-order valence-electron chi connectivity index (χ1n) is 9.36. The second-order valence-electron chi connectivity index (χ2n) is 7.68. The SMILES string of the molecule is CC(C)c1ccc(C2c3ccc(O)cc3Cc3cc(O)ccc32)c(C(=O)O)c1. The van der Waals surface area contributed by atoms with Gasteiger partial charge in [0.2, 0.25) is 0 Å². The topological polar surface area (TPSA) is 77.8 Å². The van der Waals surface area contributed by atoms with Crippen LogP contribution in [0.15, 0.2) is 54.6 Å². The lowest BCUT2D eigenvalue weighted by molar-refractivity contribution is 0.0695. The Morgan fingerprint density at radius 2 is 1.39 bits per heavy atom. The molecule has 4 heteroatoms. The van der Waals surface area contributed by atoms with Crippen LogP contribution in [-0.4, -0.2) is 21.3 Å². The van der Waals surface area contributed by atoms with E-state index in [-0.39, 0.29) is 28.9 Å². The Hall–Kier alpha value is -3.27. The molecular formula is C24H22O4. The average molecular weight is 374 g/mol. The van der Waals surface area contributed by atoms with Gasteiger partial charge in [0.25, 0.3) is 0 Å². The number of fused-ring (bicyclic) bond motifs is 2. The van der Waals surface area contributed by atoms with E-state index < -0.39 is 5.97 Å². The lowest BCUT2D eigenvalue weighted by atomic mass is 9.73. The number of carboxylic acids is 1. The van der Waals surface area contributed by atoms with Crippen LogP contribution in [0.4, 0.5) is 0 Å². The quantitative estimate of drug-likeness (QED) is 0.471. The van der Waals surface area contributed by atoms with Crippen LogP contribution < -0.4 is 0 Å². The molecule has 0 spiro atoms. The maximum Gasteiger partial charge on any atom is 0.336 e. The largest absolute Gasteiger partial charge is 0.508 e. The molecule has 4 rings (SSSR count). The average Bonchev–Trinajstić information content (AvgIpc) is 2.65. The molecule has 0 fully saturated rings. The summed E-state index contributed by atoms with van der Waals surface area (Å²) in [5, 5.41) is 29.8. The van der Waals surface area contributed by atoms with E-state index in [1.165, 1.54) is 0 Å². The molecule has 0 amide bonds. The highest BCUT2D eigenvalue weighted by atomic mass is 16.4. The molecule has 4 nitrogen and oxygen atoms in total. The van der Waals surface area contributed by atoms with Crippen molar-refractivity contribution in [1.29, 1.82) is 0 Å². The molecule has 142 valence electrons. The zero-order valence-electron chi connectivity index (χ0n) is 15.8. The van der Waals surface area contributed by atoms with Crippen molar-refractivity contribution in [1.82, 2.24) is 0 Å². The third-order valence-electron chi connectivity index (χ3n) is 5.54. The van der Waals surface area contributed by atoms with Crippen molar-refractivity contribution in [2.45, 2.75) is 32.1 Å². The maximum absolute atomic E-state index is 12.1. The first-order valence-corrected chi connectivity index (χ1v) is 9.36. The number of phenolic OH excluding ortho intramolecular Hbond substituents is 2. The van der Waals surface area contributed by atoms with Crippen LogP contribution >= 0.6 is 0 Å². The normalized spacial score (nSPS) is 13.2. The molecule has 3 aromatic carbocycles. The Morgan fingerprint density at radius 1 is 0.857 bits per heavy atom. The number of hydrogen-bond donors (Lipinski definition) is 3. The summed E-state index contributed by atoms with van der Waals surface area (Å²) in [7, 11) is 0. The van der Waals surface area contributed by atoms with Crippen LogP contribution in [0, 0.1) is 0 Å². The summed E-state index contributed by atoms with van der Waals surface area (Å²) in [5.41, 5.74) is 5.83. The standard InChI is InChI=1S/C24H22O4/c1-13(2)14-3-6-21(22(12-14)24(27)28)23-19-7-4-17(25)10-15(19)9-16-11-18(26)5-8-20(16)23/h3-8,10-13,23,25-26H,9H2,1-2H3,(H,27,28). The van der Waals surface area contributed by atoms with Crippen molar-refractivity contribution < 1.29 is 20.1 Å². The molecule has 3 aromatic rings. The number of aromatic carboxylic acids is 1. The fraction of sp³-hybridized carbons (Fsp3) is 0.208. The molecule has 0 heterocycles. The highest BCUT2D eigenvalue weighted by molar-refractivity contribution is 5.90. The summed E-state index contributed by atoms with van der Waals surface area (Å²) < 4.78 is 0. The van der Waals surface area contributed by atoms with Crippen LogP contribution in [0.2, 0.25) is 0 Å². The number of benzene rings is 3. The van der Waals surface area contributed by atoms with Crippen molar-refractivity contribution in [2.24, 2.45) is 0 Å². The van der Waals surface area contributed by atoms with Gasteiger partial charge in [0.15, 0.2) is 0 Å². The lowest BCUT2D eigenvalue weighted by Gasteiger charge is -2.30. The Morgan fingerprint density at radius 3 is 1.89 bits per heavy atom. The molecule has 0 saturated heterocycles. The number of carboxylic acid groups (broad SMARTS) is 1. The van der Waals surface area contributed by atoms with Crippen molar-refractivity contribution in [3.63, 3.8) is 0 Å². The summed E-state index contributed by atoms with van der Waals surface area (Å²) in [6.07, 6.45) is 0.580. The Balaban J connectivity index is 1.99. The smallest absolute Gasteiger partial charge is 0.336 e. The van der Waals surface area contributed by atoms with Gasteiger partial charge < -0.3 is 15.3 Å². The van der Waals surface area contributed by atoms with Gasteiger partial charge in [-0.25, -0.2) is 4.79 Å². The van der Waals surface area contributed by atoms with Gasteiger partial charge in [0.1, 0.15) is 11.5 Å². The molecule has 3 N–H and O–H groups in total. The summed E-state index contributed by atoms with van der Waals surface area (Å²) in [5.74, 6) is -0.646.